The summed E-state index contributed by atoms with van der Waals surface area (Å²) in [4.78, 5) is 15.1. The second-order valence-corrected chi connectivity index (χ2v) is 7.65. The molecule has 0 radical (unpaired) electrons. The molecule has 1 aliphatic heterocycles. The number of rotatable bonds is 4. The van der Waals surface area contributed by atoms with Gasteiger partial charge in [-0.3, -0.25) is 4.79 Å². The second-order valence-electron chi connectivity index (χ2n) is 6.78. The van der Waals surface area contributed by atoms with Crippen molar-refractivity contribution < 1.29 is 9.18 Å². The van der Waals surface area contributed by atoms with Crippen LogP contribution in [0.25, 0.3) is 0 Å². The molecule has 1 heterocycles. The number of likely N-dealkylation sites (N-methyl/N-ethyl adjacent to an activating group) is 1. The first kappa shape index (κ1) is 22.0. The summed E-state index contributed by atoms with van der Waals surface area (Å²) in [5, 5.41) is 4.39. The summed E-state index contributed by atoms with van der Waals surface area (Å²) >= 11 is 12.1. The Kier molecular flexibility index (Phi) is 7.52. The number of piperidine rings is 1. The van der Waals surface area contributed by atoms with Gasteiger partial charge < -0.3 is 10.2 Å². The van der Waals surface area contributed by atoms with Gasteiger partial charge in [0.25, 0.3) is 0 Å². The topological polar surface area (TPSA) is 32.3 Å². The van der Waals surface area contributed by atoms with Gasteiger partial charge in [0.05, 0.1) is 5.41 Å². The fourth-order valence-electron chi connectivity index (χ4n) is 3.66. The molecular formula is C20H22Cl3FN2O. The summed E-state index contributed by atoms with van der Waals surface area (Å²) in [5.74, 6) is -0.270. The number of carbonyl (C=O) groups excluding carboxylic acids is 1. The predicted molar refractivity (Wildman–Crippen MR) is 110 cm³/mol. The Balaban J connectivity index is 0.00000261. The van der Waals surface area contributed by atoms with Crippen molar-refractivity contribution in [1.82, 2.24) is 10.2 Å². The molecule has 3 rings (SSSR count). The number of carbonyl (C=O) groups is 1. The molecule has 0 aromatic heterocycles. The minimum absolute atomic E-state index is 0. The number of nitrogens with one attached hydrogen (secondary N) is 1. The summed E-state index contributed by atoms with van der Waals surface area (Å²) in [6.07, 6.45) is 1.36. The molecule has 1 N–H and O–H groups in total. The van der Waals surface area contributed by atoms with Crippen LogP contribution in [0.3, 0.4) is 0 Å². The third kappa shape index (κ3) is 4.94. The first-order chi connectivity index (χ1) is 12.4. The molecule has 0 saturated carbocycles. The third-order valence-corrected chi connectivity index (χ3v) is 5.39. The molecule has 2 aromatic rings. The van der Waals surface area contributed by atoms with E-state index in [1.807, 2.05) is 12.1 Å². The number of nitrogens with zero attached hydrogens (tertiary/aromatic N) is 1. The van der Waals surface area contributed by atoms with E-state index in [0.717, 1.165) is 24.2 Å². The zero-order valence-electron chi connectivity index (χ0n) is 15.0. The summed E-state index contributed by atoms with van der Waals surface area (Å²) in [6.45, 7) is 1.91. The summed E-state index contributed by atoms with van der Waals surface area (Å²) in [5.41, 5.74) is 1.10. The Labute approximate surface area is 175 Å². The number of hydrogen-bond acceptors (Lipinski definition) is 2. The quantitative estimate of drug-likeness (QED) is 0.751. The lowest BCUT2D eigenvalue weighted by atomic mass is 9.72. The Morgan fingerprint density at radius 1 is 1.11 bits per heavy atom. The summed E-state index contributed by atoms with van der Waals surface area (Å²) < 4.78 is 13.4. The van der Waals surface area contributed by atoms with Gasteiger partial charge in [-0.1, -0.05) is 35.3 Å². The van der Waals surface area contributed by atoms with Crippen molar-refractivity contribution in [2.75, 3.05) is 20.1 Å². The first-order valence-corrected chi connectivity index (χ1v) is 9.34. The van der Waals surface area contributed by atoms with E-state index in [0.29, 0.717) is 29.4 Å². The van der Waals surface area contributed by atoms with E-state index in [1.165, 1.54) is 12.1 Å². The lowest BCUT2D eigenvalue weighted by Gasteiger charge is -2.39. The van der Waals surface area contributed by atoms with Gasteiger partial charge in [0.1, 0.15) is 5.82 Å². The average Bonchev–Trinajstić information content (AvgIpc) is 2.61. The molecule has 0 bridgehead atoms. The Bertz CT molecular complexity index is 772. The standard InChI is InChI=1S/C20H21Cl2FN2O.ClH/c1-25(13-14-10-16(21)12-17(22)11-14)19(26)20(6-8-24-9-7-20)15-2-4-18(23)5-3-15;/h2-5,10-12,24H,6-9,13H2,1H3;1H. The average molecular weight is 432 g/mol. The Morgan fingerprint density at radius 2 is 1.67 bits per heavy atom. The SMILES string of the molecule is CN(Cc1cc(Cl)cc(Cl)c1)C(=O)C1(c2ccc(F)cc2)CCNCC1.Cl. The number of halogens is 4. The molecule has 1 amide bonds. The fourth-order valence-corrected chi connectivity index (χ4v) is 4.23. The highest BCUT2D eigenvalue weighted by Gasteiger charge is 2.42. The van der Waals surface area contributed by atoms with Gasteiger partial charge in [0.15, 0.2) is 0 Å². The van der Waals surface area contributed by atoms with E-state index < -0.39 is 5.41 Å². The molecule has 1 saturated heterocycles. The van der Waals surface area contributed by atoms with E-state index in [2.05, 4.69) is 5.32 Å². The maximum absolute atomic E-state index is 13.4. The van der Waals surface area contributed by atoms with Crippen LogP contribution in [0.4, 0.5) is 4.39 Å². The van der Waals surface area contributed by atoms with Gasteiger partial charge in [-0.2, -0.15) is 0 Å². The van der Waals surface area contributed by atoms with Gasteiger partial charge in [-0.25, -0.2) is 4.39 Å². The molecule has 3 nitrogen and oxygen atoms in total. The summed E-state index contributed by atoms with van der Waals surface area (Å²) in [6, 6.07) is 11.6. The van der Waals surface area contributed by atoms with Crippen LogP contribution in [0.15, 0.2) is 42.5 Å². The van der Waals surface area contributed by atoms with Crippen LogP contribution in [0.5, 0.6) is 0 Å². The molecule has 0 aliphatic carbocycles. The van der Waals surface area contributed by atoms with Crippen molar-refractivity contribution in [2.24, 2.45) is 0 Å². The van der Waals surface area contributed by atoms with Crippen molar-refractivity contribution >= 4 is 41.5 Å². The Morgan fingerprint density at radius 3 is 2.22 bits per heavy atom. The minimum Gasteiger partial charge on any atom is -0.341 e. The molecule has 27 heavy (non-hydrogen) atoms. The van der Waals surface area contributed by atoms with E-state index in [-0.39, 0.29) is 24.1 Å². The lowest BCUT2D eigenvalue weighted by molar-refractivity contribution is -0.137. The molecule has 2 aromatic carbocycles. The highest BCUT2D eigenvalue weighted by molar-refractivity contribution is 6.34. The highest BCUT2D eigenvalue weighted by Crippen LogP contribution is 2.36. The highest BCUT2D eigenvalue weighted by atomic mass is 35.5. The van der Waals surface area contributed by atoms with E-state index >= 15 is 0 Å². The maximum atomic E-state index is 13.4. The monoisotopic (exact) mass is 430 g/mol. The molecule has 7 heteroatoms. The molecule has 0 atom stereocenters. The van der Waals surface area contributed by atoms with Crippen molar-refractivity contribution in [3.8, 4) is 0 Å². The predicted octanol–water partition coefficient (Wildman–Crippen LogP) is 4.83. The van der Waals surface area contributed by atoms with Crippen molar-refractivity contribution in [3.05, 3.63) is 69.5 Å². The smallest absolute Gasteiger partial charge is 0.233 e. The largest absolute Gasteiger partial charge is 0.341 e. The summed E-state index contributed by atoms with van der Waals surface area (Å²) in [7, 11) is 1.78. The van der Waals surface area contributed by atoms with Gasteiger partial charge >= 0.3 is 0 Å². The van der Waals surface area contributed by atoms with Gasteiger partial charge in [-0.15, -0.1) is 12.4 Å². The van der Waals surface area contributed by atoms with Gasteiger partial charge in [0.2, 0.25) is 5.91 Å². The fraction of sp³-hybridized carbons (Fsp3) is 0.350. The number of hydrogen-bond donors (Lipinski definition) is 1. The van der Waals surface area contributed by atoms with Crippen LogP contribution in [0.1, 0.15) is 24.0 Å². The molecule has 1 aliphatic rings. The van der Waals surface area contributed by atoms with E-state index in [4.69, 9.17) is 23.2 Å². The molecule has 146 valence electrons. The molecule has 0 spiro atoms. The second kappa shape index (κ2) is 9.24. The minimum atomic E-state index is -0.643. The van der Waals surface area contributed by atoms with Crippen LogP contribution < -0.4 is 5.32 Å². The third-order valence-electron chi connectivity index (χ3n) is 4.95. The van der Waals surface area contributed by atoms with Crippen LogP contribution in [0.2, 0.25) is 10.0 Å². The number of amides is 1. The first-order valence-electron chi connectivity index (χ1n) is 8.58. The molecule has 1 fully saturated rings. The van der Waals surface area contributed by atoms with Crippen LogP contribution in [0, 0.1) is 5.82 Å². The zero-order valence-corrected chi connectivity index (χ0v) is 17.3. The maximum Gasteiger partial charge on any atom is 0.233 e. The lowest BCUT2D eigenvalue weighted by Crippen LogP contribution is -2.51. The van der Waals surface area contributed by atoms with Crippen molar-refractivity contribution in [3.63, 3.8) is 0 Å². The number of benzene rings is 2. The van der Waals surface area contributed by atoms with Gasteiger partial charge in [0, 0.05) is 23.6 Å². The van der Waals surface area contributed by atoms with E-state index in [1.54, 1.807) is 30.1 Å². The van der Waals surface area contributed by atoms with Crippen molar-refractivity contribution in [2.45, 2.75) is 24.8 Å². The van der Waals surface area contributed by atoms with Crippen LogP contribution in [-0.4, -0.2) is 30.9 Å². The zero-order chi connectivity index (χ0) is 18.7. The van der Waals surface area contributed by atoms with Gasteiger partial charge in [-0.05, 0) is 67.4 Å². The molecule has 0 unspecified atom stereocenters. The van der Waals surface area contributed by atoms with E-state index in [9.17, 15) is 9.18 Å². The molecular weight excluding hydrogens is 410 g/mol. The van der Waals surface area contributed by atoms with Crippen LogP contribution >= 0.6 is 35.6 Å². The Hall–Kier alpha value is -1.33. The normalized spacial score (nSPS) is 15.7. The van der Waals surface area contributed by atoms with Crippen molar-refractivity contribution in [1.29, 1.82) is 0 Å². The van der Waals surface area contributed by atoms with Crippen LogP contribution in [-0.2, 0) is 16.8 Å².